The van der Waals surface area contributed by atoms with Crippen molar-refractivity contribution in [3.05, 3.63) is 30.1 Å². The second-order valence-corrected chi connectivity index (χ2v) is 12.1. The van der Waals surface area contributed by atoms with Crippen molar-refractivity contribution in [1.29, 1.82) is 0 Å². The number of nitrogens with zero attached hydrogens (tertiary/aromatic N) is 6. The summed E-state index contributed by atoms with van der Waals surface area (Å²) in [6, 6.07) is 4.03. The van der Waals surface area contributed by atoms with Gasteiger partial charge in [0, 0.05) is 44.5 Å². The fourth-order valence-corrected chi connectivity index (χ4v) is 6.90. The standard InChI is InChI=1S/C30H44N8O/c1-3-22(2)11-14-36-15-17-37(18-16-36)24-8-10-26(31-20-24)34-29-32-19-23-7-9-25-28(39)33-21-30(12-5-4-6-13-30)38(25)27(23)35-29/h8,10,19-20,22,25H,3-7,9,11-18,21H2,1-2H3,(H,33,39)(H,31,32,34,35). The zero-order valence-electron chi connectivity index (χ0n) is 23.7. The number of aromatic nitrogens is 3. The number of hydrogen-bond acceptors (Lipinski definition) is 8. The average molecular weight is 533 g/mol. The molecule has 6 rings (SSSR count). The van der Waals surface area contributed by atoms with E-state index in [2.05, 4.69) is 50.2 Å². The minimum atomic E-state index is -0.139. The van der Waals surface area contributed by atoms with E-state index in [0.717, 1.165) is 80.7 Å². The van der Waals surface area contributed by atoms with Gasteiger partial charge in [-0.25, -0.2) is 9.97 Å². The van der Waals surface area contributed by atoms with Gasteiger partial charge in [-0.1, -0.05) is 39.5 Å². The number of nitrogens with one attached hydrogen (secondary N) is 2. The molecule has 1 spiro atoms. The van der Waals surface area contributed by atoms with Gasteiger partial charge in [0.15, 0.2) is 0 Å². The third-order valence-electron chi connectivity index (χ3n) is 9.62. The third-order valence-corrected chi connectivity index (χ3v) is 9.62. The highest BCUT2D eigenvalue weighted by molar-refractivity contribution is 5.88. The van der Waals surface area contributed by atoms with E-state index in [1.807, 2.05) is 18.5 Å². The van der Waals surface area contributed by atoms with E-state index in [4.69, 9.17) is 9.97 Å². The van der Waals surface area contributed by atoms with Crippen molar-refractivity contribution < 1.29 is 4.79 Å². The Morgan fingerprint density at radius 1 is 1.10 bits per heavy atom. The second kappa shape index (κ2) is 11.3. The van der Waals surface area contributed by atoms with Crippen LogP contribution >= 0.6 is 0 Å². The first kappa shape index (κ1) is 26.3. The summed E-state index contributed by atoms with van der Waals surface area (Å²) >= 11 is 0. The lowest BCUT2D eigenvalue weighted by Gasteiger charge is -2.55. The molecule has 9 nitrogen and oxygen atoms in total. The number of piperazine rings is 2. The first-order valence-electron chi connectivity index (χ1n) is 15.2. The van der Waals surface area contributed by atoms with Crippen LogP contribution < -0.4 is 20.4 Å². The van der Waals surface area contributed by atoms with Gasteiger partial charge >= 0.3 is 0 Å². The fourth-order valence-electron chi connectivity index (χ4n) is 6.90. The van der Waals surface area contributed by atoms with E-state index in [0.29, 0.717) is 12.5 Å². The van der Waals surface area contributed by atoms with E-state index in [-0.39, 0.29) is 17.5 Å². The SMILES string of the molecule is CCC(C)CCN1CCN(c2ccc(Nc3ncc4c(n3)N3C(CC4)C(=O)NCC34CCCCC4)nc2)CC1. The van der Waals surface area contributed by atoms with Crippen LogP contribution in [0.5, 0.6) is 0 Å². The fraction of sp³-hybridized carbons (Fsp3) is 0.667. The Balaban J connectivity index is 1.13. The number of carbonyl (C=O) groups is 1. The lowest BCUT2D eigenvalue weighted by atomic mass is 9.76. The van der Waals surface area contributed by atoms with E-state index >= 15 is 0 Å². The molecule has 0 bridgehead atoms. The molecule has 4 aliphatic rings. The highest BCUT2D eigenvalue weighted by Crippen LogP contribution is 2.43. The predicted molar refractivity (Wildman–Crippen MR) is 156 cm³/mol. The molecule has 2 aromatic rings. The summed E-state index contributed by atoms with van der Waals surface area (Å²) in [6.07, 6.45) is 14.0. The average Bonchev–Trinajstić information content (AvgIpc) is 2.99. The zero-order valence-corrected chi connectivity index (χ0v) is 23.7. The summed E-state index contributed by atoms with van der Waals surface area (Å²) in [6.45, 7) is 10.8. The number of carbonyl (C=O) groups excluding carboxylic acids is 1. The smallest absolute Gasteiger partial charge is 0.242 e. The summed E-state index contributed by atoms with van der Waals surface area (Å²) in [5.74, 6) is 3.16. The van der Waals surface area contributed by atoms with E-state index < -0.39 is 0 Å². The number of fused-ring (bicyclic) bond motifs is 4. The van der Waals surface area contributed by atoms with Crippen LogP contribution in [0.3, 0.4) is 0 Å². The molecule has 3 fully saturated rings. The number of anilines is 4. The van der Waals surface area contributed by atoms with Gasteiger partial charge in [0.1, 0.15) is 17.7 Å². The lowest BCUT2D eigenvalue weighted by Crippen LogP contribution is -2.70. The molecule has 1 aliphatic carbocycles. The number of aryl methyl sites for hydroxylation is 1. The molecular weight excluding hydrogens is 488 g/mol. The molecule has 0 radical (unpaired) electrons. The summed E-state index contributed by atoms with van der Waals surface area (Å²) in [5.41, 5.74) is 2.27. The van der Waals surface area contributed by atoms with Crippen molar-refractivity contribution in [1.82, 2.24) is 25.2 Å². The van der Waals surface area contributed by atoms with Crippen molar-refractivity contribution in [2.24, 2.45) is 5.92 Å². The van der Waals surface area contributed by atoms with Crippen LogP contribution in [0, 0.1) is 5.92 Å². The van der Waals surface area contributed by atoms with Crippen LogP contribution in [0.25, 0.3) is 0 Å². The maximum Gasteiger partial charge on any atom is 0.242 e. The molecule has 39 heavy (non-hydrogen) atoms. The Morgan fingerprint density at radius 2 is 1.92 bits per heavy atom. The van der Waals surface area contributed by atoms with Crippen molar-refractivity contribution in [3.8, 4) is 0 Å². The molecule has 1 saturated carbocycles. The molecule has 9 heteroatoms. The minimum Gasteiger partial charge on any atom is -0.368 e. The van der Waals surface area contributed by atoms with Gasteiger partial charge in [0.05, 0.1) is 17.4 Å². The number of amides is 1. The molecule has 3 aliphatic heterocycles. The maximum absolute atomic E-state index is 12.9. The lowest BCUT2D eigenvalue weighted by molar-refractivity contribution is -0.125. The zero-order chi connectivity index (χ0) is 26.8. The monoisotopic (exact) mass is 532 g/mol. The van der Waals surface area contributed by atoms with Gasteiger partial charge in [-0.15, -0.1) is 0 Å². The minimum absolute atomic E-state index is 0.0320. The quantitative estimate of drug-likeness (QED) is 0.550. The highest BCUT2D eigenvalue weighted by atomic mass is 16.2. The Morgan fingerprint density at radius 3 is 2.67 bits per heavy atom. The van der Waals surface area contributed by atoms with Crippen molar-refractivity contribution >= 4 is 29.2 Å². The maximum atomic E-state index is 12.9. The number of pyridine rings is 1. The summed E-state index contributed by atoms with van der Waals surface area (Å²) in [7, 11) is 0. The number of hydrogen-bond donors (Lipinski definition) is 2. The van der Waals surface area contributed by atoms with Gasteiger partial charge in [0.25, 0.3) is 0 Å². The third kappa shape index (κ3) is 5.42. The first-order chi connectivity index (χ1) is 19.0. The molecule has 210 valence electrons. The van der Waals surface area contributed by atoms with E-state index in [9.17, 15) is 4.79 Å². The van der Waals surface area contributed by atoms with Crippen LogP contribution in [0.1, 0.15) is 70.8 Å². The molecule has 2 atom stereocenters. The van der Waals surface area contributed by atoms with Crippen LogP contribution in [0.4, 0.5) is 23.3 Å². The molecule has 2 N–H and O–H groups in total. The first-order valence-corrected chi connectivity index (χ1v) is 15.2. The number of rotatable bonds is 7. The molecule has 1 amide bonds. The normalized spacial score (nSPS) is 23.6. The van der Waals surface area contributed by atoms with E-state index in [1.165, 1.54) is 38.6 Å². The summed E-state index contributed by atoms with van der Waals surface area (Å²) in [5, 5.41) is 6.55. The summed E-state index contributed by atoms with van der Waals surface area (Å²) < 4.78 is 0. The molecule has 2 saturated heterocycles. The van der Waals surface area contributed by atoms with Crippen LogP contribution in [0.15, 0.2) is 24.5 Å². The molecule has 5 heterocycles. The molecule has 0 aromatic carbocycles. The van der Waals surface area contributed by atoms with E-state index in [1.54, 1.807) is 0 Å². The molecular formula is C30H44N8O. The van der Waals surface area contributed by atoms with Crippen LogP contribution in [-0.4, -0.2) is 76.6 Å². The van der Waals surface area contributed by atoms with Gasteiger partial charge < -0.3 is 20.4 Å². The van der Waals surface area contributed by atoms with Crippen molar-refractivity contribution in [3.63, 3.8) is 0 Å². The topological polar surface area (TPSA) is 89.5 Å². The van der Waals surface area contributed by atoms with Crippen LogP contribution in [-0.2, 0) is 11.2 Å². The predicted octanol–water partition coefficient (Wildman–Crippen LogP) is 4.13. The molecule has 2 aromatic heterocycles. The second-order valence-electron chi connectivity index (χ2n) is 12.1. The largest absolute Gasteiger partial charge is 0.368 e. The summed E-state index contributed by atoms with van der Waals surface area (Å²) in [4.78, 5) is 34.6. The van der Waals surface area contributed by atoms with Gasteiger partial charge in [-0.2, -0.15) is 4.98 Å². The van der Waals surface area contributed by atoms with Gasteiger partial charge in [0.2, 0.25) is 11.9 Å². The Bertz CT molecular complexity index is 1140. The van der Waals surface area contributed by atoms with Crippen molar-refractivity contribution in [2.75, 3.05) is 54.4 Å². The Labute approximate surface area is 232 Å². The Hall–Kier alpha value is -2.94. The highest BCUT2D eigenvalue weighted by Gasteiger charge is 2.50. The van der Waals surface area contributed by atoms with Crippen molar-refractivity contribution in [2.45, 2.75) is 83.2 Å². The Kier molecular flexibility index (Phi) is 7.60. The van der Waals surface area contributed by atoms with Crippen LogP contribution in [0.2, 0.25) is 0 Å². The molecule has 2 unspecified atom stereocenters. The van der Waals surface area contributed by atoms with Gasteiger partial charge in [-0.3, -0.25) is 9.69 Å². The van der Waals surface area contributed by atoms with Gasteiger partial charge in [-0.05, 0) is 56.7 Å².